The molecule has 0 radical (unpaired) electrons. The summed E-state index contributed by atoms with van der Waals surface area (Å²) in [5.41, 5.74) is 6.56. The largest absolute Gasteiger partial charge is 0.486 e. The Labute approximate surface area is 122 Å². The van der Waals surface area contributed by atoms with E-state index in [1.165, 1.54) is 5.75 Å². The number of hydrogen-bond acceptors (Lipinski definition) is 4. The van der Waals surface area contributed by atoms with Crippen LogP contribution in [0.3, 0.4) is 0 Å². The lowest BCUT2D eigenvalue weighted by Crippen LogP contribution is -2.43. The zero-order valence-electron chi connectivity index (χ0n) is 10.7. The van der Waals surface area contributed by atoms with E-state index < -0.39 is 0 Å². The third-order valence-electron chi connectivity index (χ3n) is 3.80. The fourth-order valence-corrected chi connectivity index (χ4v) is 4.37. The molecule has 0 aliphatic carbocycles. The van der Waals surface area contributed by atoms with E-state index in [-0.39, 0.29) is 11.7 Å². The first-order valence-electron chi connectivity index (χ1n) is 6.61. The molecular formula is C14H18ClNO2S. The second-order valence-corrected chi connectivity index (χ2v) is 6.74. The number of para-hydroxylation sites is 1. The third kappa shape index (κ3) is 2.81. The van der Waals surface area contributed by atoms with Gasteiger partial charge in [0.1, 0.15) is 6.10 Å². The third-order valence-corrected chi connectivity index (χ3v) is 5.32. The number of anilines is 1. The Kier molecular flexibility index (Phi) is 3.83. The maximum Gasteiger partial charge on any atom is 0.161 e. The van der Waals surface area contributed by atoms with Crippen molar-refractivity contribution in [3.8, 4) is 5.75 Å². The number of halogens is 1. The molecule has 3 nitrogen and oxygen atoms in total. The predicted octanol–water partition coefficient (Wildman–Crippen LogP) is 3.36. The Morgan fingerprint density at radius 2 is 2.37 bits per heavy atom. The lowest BCUT2D eigenvalue weighted by atomic mass is 9.91. The fourth-order valence-electron chi connectivity index (χ4n) is 2.76. The van der Waals surface area contributed by atoms with Crippen molar-refractivity contribution < 1.29 is 9.47 Å². The van der Waals surface area contributed by atoms with Crippen LogP contribution in [0.25, 0.3) is 0 Å². The number of nitrogen functional groups attached to an aromatic ring is 1. The fraction of sp³-hybridized carbons (Fsp3) is 0.571. The van der Waals surface area contributed by atoms with Crippen LogP contribution in [-0.4, -0.2) is 29.8 Å². The Morgan fingerprint density at radius 3 is 3.11 bits per heavy atom. The van der Waals surface area contributed by atoms with E-state index in [0.29, 0.717) is 16.5 Å². The normalized spacial score (nSPS) is 30.7. The van der Waals surface area contributed by atoms with Crippen LogP contribution in [0, 0.1) is 0 Å². The first-order chi connectivity index (χ1) is 9.19. The van der Waals surface area contributed by atoms with Crippen LogP contribution in [0.2, 0.25) is 5.02 Å². The summed E-state index contributed by atoms with van der Waals surface area (Å²) in [6, 6.07) is 5.47. The number of nitrogens with two attached hydrogens (primary N) is 1. The summed E-state index contributed by atoms with van der Waals surface area (Å²) in [7, 11) is 0. The molecule has 2 unspecified atom stereocenters. The van der Waals surface area contributed by atoms with Crippen LogP contribution in [0.5, 0.6) is 5.75 Å². The zero-order chi connectivity index (χ0) is 13.3. The smallest absolute Gasteiger partial charge is 0.161 e. The topological polar surface area (TPSA) is 44.5 Å². The maximum absolute atomic E-state index is 6.16. The van der Waals surface area contributed by atoms with Crippen LogP contribution in [0.4, 0.5) is 5.69 Å². The van der Waals surface area contributed by atoms with E-state index in [1.807, 2.05) is 30.0 Å². The standard InChI is InChI=1S/C14H18ClNO2S/c15-11-2-1-3-12(16)13(11)18-10-4-6-17-14(8-10)5-7-19-9-14/h1-3,10H,4-9,16H2. The average Bonchev–Trinajstić information content (AvgIpc) is 2.82. The lowest BCUT2D eigenvalue weighted by Gasteiger charge is -2.37. The highest BCUT2D eigenvalue weighted by molar-refractivity contribution is 7.99. The summed E-state index contributed by atoms with van der Waals surface area (Å²) in [4.78, 5) is 0. The van der Waals surface area contributed by atoms with Gasteiger partial charge in [-0.3, -0.25) is 0 Å². The van der Waals surface area contributed by atoms with Gasteiger partial charge in [-0.25, -0.2) is 0 Å². The molecule has 19 heavy (non-hydrogen) atoms. The molecule has 3 rings (SSSR count). The molecule has 2 N–H and O–H groups in total. The van der Waals surface area contributed by atoms with Crippen LogP contribution >= 0.6 is 23.4 Å². The Morgan fingerprint density at radius 1 is 1.47 bits per heavy atom. The van der Waals surface area contributed by atoms with Gasteiger partial charge in [-0.15, -0.1) is 0 Å². The minimum Gasteiger partial charge on any atom is -0.486 e. The van der Waals surface area contributed by atoms with Crippen LogP contribution in [0.15, 0.2) is 18.2 Å². The van der Waals surface area contributed by atoms with Gasteiger partial charge >= 0.3 is 0 Å². The Bertz CT molecular complexity index is 443. The summed E-state index contributed by atoms with van der Waals surface area (Å²) >= 11 is 8.12. The van der Waals surface area contributed by atoms with Crippen molar-refractivity contribution in [1.29, 1.82) is 0 Å². The van der Waals surface area contributed by atoms with E-state index in [9.17, 15) is 0 Å². The highest BCUT2D eigenvalue weighted by Crippen LogP contribution is 2.40. The van der Waals surface area contributed by atoms with E-state index in [2.05, 4.69) is 0 Å². The molecule has 2 aliphatic heterocycles. The number of benzene rings is 1. The first-order valence-corrected chi connectivity index (χ1v) is 8.14. The summed E-state index contributed by atoms with van der Waals surface area (Å²) in [6.07, 6.45) is 3.10. The van der Waals surface area contributed by atoms with Crippen LogP contribution in [0.1, 0.15) is 19.3 Å². The molecule has 5 heteroatoms. The van der Waals surface area contributed by atoms with Gasteiger partial charge in [0, 0.05) is 18.6 Å². The van der Waals surface area contributed by atoms with E-state index in [0.717, 1.165) is 31.6 Å². The van der Waals surface area contributed by atoms with Crippen molar-refractivity contribution in [2.45, 2.75) is 31.0 Å². The van der Waals surface area contributed by atoms with Crippen molar-refractivity contribution in [2.24, 2.45) is 0 Å². The Hall–Kier alpha value is -0.580. The van der Waals surface area contributed by atoms with Gasteiger partial charge in [-0.05, 0) is 24.3 Å². The van der Waals surface area contributed by atoms with Gasteiger partial charge < -0.3 is 15.2 Å². The molecule has 0 amide bonds. The van der Waals surface area contributed by atoms with Crippen molar-refractivity contribution >= 4 is 29.1 Å². The monoisotopic (exact) mass is 299 g/mol. The molecule has 2 saturated heterocycles. The van der Waals surface area contributed by atoms with E-state index >= 15 is 0 Å². The van der Waals surface area contributed by atoms with Crippen molar-refractivity contribution in [3.05, 3.63) is 23.2 Å². The van der Waals surface area contributed by atoms with Crippen LogP contribution in [-0.2, 0) is 4.74 Å². The second-order valence-electron chi connectivity index (χ2n) is 5.22. The lowest BCUT2D eigenvalue weighted by molar-refractivity contribution is -0.0957. The summed E-state index contributed by atoms with van der Waals surface area (Å²) < 4.78 is 12.0. The molecule has 2 heterocycles. The van der Waals surface area contributed by atoms with Crippen molar-refractivity contribution in [2.75, 3.05) is 23.8 Å². The van der Waals surface area contributed by atoms with E-state index in [1.54, 1.807) is 0 Å². The molecule has 0 bridgehead atoms. The molecule has 1 aromatic carbocycles. The van der Waals surface area contributed by atoms with Gasteiger partial charge in [0.15, 0.2) is 5.75 Å². The van der Waals surface area contributed by atoms with E-state index in [4.69, 9.17) is 26.8 Å². The molecule has 104 valence electrons. The number of thioether (sulfide) groups is 1. The SMILES string of the molecule is Nc1cccc(Cl)c1OC1CCOC2(CCSC2)C1. The molecule has 1 aromatic rings. The zero-order valence-corrected chi connectivity index (χ0v) is 12.3. The molecule has 2 atom stereocenters. The average molecular weight is 300 g/mol. The molecule has 2 aliphatic rings. The maximum atomic E-state index is 6.16. The minimum atomic E-state index is 0.0175. The van der Waals surface area contributed by atoms with Crippen molar-refractivity contribution in [3.63, 3.8) is 0 Å². The summed E-state index contributed by atoms with van der Waals surface area (Å²) in [5.74, 6) is 2.88. The van der Waals surface area contributed by atoms with Gasteiger partial charge in [0.2, 0.25) is 0 Å². The summed E-state index contributed by atoms with van der Waals surface area (Å²) in [6.45, 7) is 0.760. The Balaban J connectivity index is 1.73. The first kappa shape index (κ1) is 13.4. The number of hydrogen-bond donors (Lipinski definition) is 1. The van der Waals surface area contributed by atoms with Gasteiger partial charge in [-0.2, -0.15) is 11.8 Å². The molecule has 0 aromatic heterocycles. The highest BCUT2D eigenvalue weighted by Gasteiger charge is 2.41. The molecule has 1 spiro atoms. The van der Waals surface area contributed by atoms with Crippen LogP contribution < -0.4 is 10.5 Å². The molecular weight excluding hydrogens is 282 g/mol. The number of ether oxygens (including phenoxy) is 2. The van der Waals surface area contributed by atoms with Crippen molar-refractivity contribution in [1.82, 2.24) is 0 Å². The predicted molar refractivity (Wildman–Crippen MR) is 80.1 cm³/mol. The highest BCUT2D eigenvalue weighted by atomic mass is 35.5. The summed E-state index contributed by atoms with van der Waals surface area (Å²) in [5, 5.41) is 0.585. The van der Waals surface area contributed by atoms with Gasteiger partial charge in [-0.1, -0.05) is 17.7 Å². The second kappa shape index (κ2) is 5.43. The van der Waals surface area contributed by atoms with Gasteiger partial charge in [0.05, 0.1) is 22.9 Å². The quantitative estimate of drug-likeness (QED) is 0.851. The van der Waals surface area contributed by atoms with Gasteiger partial charge in [0.25, 0.3) is 0 Å². The molecule has 0 saturated carbocycles. The minimum absolute atomic E-state index is 0.0175. The number of rotatable bonds is 2. The molecule has 2 fully saturated rings.